The number of nitrogens with one attached hydrogen (secondary N) is 1. The Morgan fingerprint density at radius 3 is 2.47 bits per heavy atom. The molecule has 0 unspecified atom stereocenters. The summed E-state index contributed by atoms with van der Waals surface area (Å²) in [5, 5.41) is 5.65. The van der Waals surface area contributed by atoms with Gasteiger partial charge in [-0.2, -0.15) is 0 Å². The van der Waals surface area contributed by atoms with Crippen molar-refractivity contribution in [3.05, 3.63) is 65.7 Å². The second-order valence-corrected chi connectivity index (χ2v) is 8.17. The zero-order valence-corrected chi connectivity index (χ0v) is 18.8. The number of fused-ring (bicyclic) bond motifs is 1. The number of carbonyl (C=O) groups is 2. The number of benzene rings is 3. The predicted molar refractivity (Wildman–Crippen MR) is 129 cm³/mol. The Morgan fingerprint density at radius 2 is 1.72 bits per heavy atom. The summed E-state index contributed by atoms with van der Waals surface area (Å²) >= 11 is 6.20. The first-order valence-electron chi connectivity index (χ1n) is 10.8. The maximum Gasteiger partial charge on any atom is 0.262 e. The van der Waals surface area contributed by atoms with Gasteiger partial charge in [-0.15, -0.1) is 0 Å². The molecule has 0 aliphatic carbocycles. The molecular formula is C25H26ClN3O3. The zero-order chi connectivity index (χ0) is 22.5. The lowest BCUT2D eigenvalue weighted by Gasteiger charge is -2.37. The minimum Gasteiger partial charge on any atom is -0.484 e. The van der Waals surface area contributed by atoms with Crippen molar-refractivity contribution in [3.63, 3.8) is 0 Å². The number of carbonyl (C=O) groups excluding carboxylic acids is 2. The van der Waals surface area contributed by atoms with Gasteiger partial charge in [0.15, 0.2) is 6.61 Å². The number of ether oxygens (including phenoxy) is 1. The van der Waals surface area contributed by atoms with Crippen LogP contribution in [0.2, 0.25) is 5.02 Å². The average molecular weight is 452 g/mol. The first-order chi connectivity index (χ1) is 15.5. The molecule has 6 nitrogen and oxygen atoms in total. The topological polar surface area (TPSA) is 61.9 Å². The van der Waals surface area contributed by atoms with Crippen LogP contribution >= 0.6 is 11.6 Å². The molecule has 1 aliphatic heterocycles. The Balaban J connectivity index is 1.40. The molecule has 7 heteroatoms. The molecule has 1 N–H and O–H groups in total. The van der Waals surface area contributed by atoms with Crippen molar-refractivity contribution in [2.45, 2.75) is 13.3 Å². The van der Waals surface area contributed by atoms with E-state index >= 15 is 0 Å². The third-order valence-electron chi connectivity index (χ3n) is 5.60. The molecule has 1 saturated heterocycles. The fourth-order valence-corrected chi connectivity index (χ4v) is 4.07. The largest absolute Gasteiger partial charge is 0.484 e. The van der Waals surface area contributed by atoms with Crippen LogP contribution in [0.3, 0.4) is 0 Å². The first-order valence-corrected chi connectivity index (χ1v) is 11.1. The summed E-state index contributed by atoms with van der Waals surface area (Å²) in [6, 6.07) is 19.2. The highest BCUT2D eigenvalue weighted by Crippen LogP contribution is 2.30. The number of nitrogens with zero attached hydrogens (tertiary/aromatic N) is 2. The Morgan fingerprint density at radius 1 is 0.969 bits per heavy atom. The van der Waals surface area contributed by atoms with Gasteiger partial charge in [0.25, 0.3) is 5.91 Å². The number of amides is 2. The maximum absolute atomic E-state index is 12.6. The normalized spacial score (nSPS) is 13.8. The molecule has 1 heterocycles. The molecule has 0 radical (unpaired) electrons. The van der Waals surface area contributed by atoms with Gasteiger partial charge in [-0.25, -0.2) is 0 Å². The summed E-state index contributed by atoms with van der Waals surface area (Å²) in [4.78, 5) is 28.6. The van der Waals surface area contributed by atoms with Crippen LogP contribution in [0.15, 0.2) is 60.7 Å². The number of piperazine rings is 1. The van der Waals surface area contributed by atoms with Crippen LogP contribution in [0.4, 0.5) is 11.4 Å². The summed E-state index contributed by atoms with van der Waals surface area (Å²) < 4.78 is 5.71. The van der Waals surface area contributed by atoms with E-state index in [1.54, 1.807) is 6.07 Å². The highest BCUT2D eigenvalue weighted by molar-refractivity contribution is 6.31. The summed E-state index contributed by atoms with van der Waals surface area (Å²) in [5.41, 5.74) is 1.52. The van der Waals surface area contributed by atoms with Crippen LogP contribution in [0, 0.1) is 0 Å². The van der Waals surface area contributed by atoms with E-state index in [4.69, 9.17) is 16.3 Å². The van der Waals surface area contributed by atoms with Gasteiger partial charge in [0.2, 0.25) is 5.91 Å². The fraction of sp³-hybridized carbons (Fsp3) is 0.280. The van der Waals surface area contributed by atoms with Gasteiger partial charge in [0.1, 0.15) is 5.75 Å². The third-order valence-corrected chi connectivity index (χ3v) is 5.83. The Kier molecular flexibility index (Phi) is 6.81. The van der Waals surface area contributed by atoms with Crippen molar-refractivity contribution in [2.75, 3.05) is 43.0 Å². The molecule has 0 atom stereocenters. The van der Waals surface area contributed by atoms with Gasteiger partial charge < -0.3 is 19.9 Å². The zero-order valence-electron chi connectivity index (χ0n) is 18.0. The highest BCUT2D eigenvalue weighted by atomic mass is 35.5. The van der Waals surface area contributed by atoms with Crippen LogP contribution in [0.1, 0.15) is 13.3 Å². The molecule has 0 aromatic heterocycles. The number of hydrogen-bond donors (Lipinski definition) is 1. The van der Waals surface area contributed by atoms with Crippen molar-refractivity contribution in [3.8, 4) is 5.75 Å². The predicted octanol–water partition coefficient (Wildman–Crippen LogP) is 4.57. The van der Waals surface area contributed by atoms with Gasteiger partial charge in [0, 0.05) is 37.6 Å². The monoisotopic (exact) mass is 451 g/mol. The van der Waals surface area contributed by atoms with E-state index in [9.17, 15) is 9.59 Å². The standard InChI is InChI=1S/C25H26ClN3O3/c1-2-25(31)29-13-11-28(12-14-29)23-10-8-20(26)16-22(23)27-24(30)17-32-21-9-7-18-5-3-4-6-19(18)15-21/h3-10,15-16H,2,11-14,17H2,1H3,(H,27,30). The fourth-order valence-electron chi connectivity index (χ4n) is 3.90. The second-order valence-electron chi connectivity index (χ2n) is 7.73. The van der Waals surface area contributed by atoms with Crippen molar-refractivity contribution >= 4 is 45.6 Å². The van der Waals surface area contributed by atoms with E-state index in [1.165, 1.54) is 0 Å². The molecule has 0 spiro atoms. The molecule has 2 amide bonds. The number of rotatable bonds is 6. The van der Waals surface area contributed by atoms with Crippen LogP contribution in [-0.2, 0) is 9.59 Å². The van der Waals surface area contributed by atoms with Crippen molar-refractivity contribution in [1.82, 2.24) is 4.90 Å². The van der Waals surface area contributed by atoms with Crippen LogP contribution in [-0.4, -0.2) is 49.5 Å². The van der Waals surface area contributed by atoms with Crippen LogP contribution < -0.4 is 15.0 Å². The Bertz CT molecular complexity index is 1130. The smallest absolute Gasteiger partial charge is 0.262 e. The molecular weight excluding hydrogens is 426 g/mol. The Labute approximate surface area is 192 Å². The lowest BCUT2D eigenvalue weighted by Crippen LogP contribution is -2.48. The summed E-state index contributed by atoms with van der Waals surface area (Å²) in [6.45, 7) is 4.49. The SMILES string of the molecule is CCC(=O)N1CCN(c2ccc(Cl)cc2NC(=O)COc2ccc3ccccc3c2)CC1. The first kappa shape index (κ1) is 22.0. The highest BCUT2D eigenvalue weighted by Gasteiger charge is 2.22. The van der Waals surface area contributed by atoms with E-state index in [0.717, 1.165) is 16.5 Å². The molecule has 1 aliphatic rings. The van der Waals surface area contributed by atoms with E-state index in [-0.39, 0.29) is 18.4 Å². The summed E-state index contributed by atoms with van der Waals surface area (Å²) in [5.74, 6) is 0.545. The van der Waals surface area contributed by atoms with E-state index in [2.05, 4.69) is 10.2 Å². The number of hydrogen-bond acceptors (Lipinski definition) is 4. The minimum absolute atomic E-state index is 0.108. The molecule has 3 aromatic rings. The average Bonchev–Trinajstić information content (AvgIpc) is 2.82. The van der Waals surface area contributed by atoms with Gasteiger partial charge in [-0.05, 0) is 41.1 Å². The van der Waals surface area contributed by atoms with Crippen LogP contribution in [0.5, 0.6) is 5.75 Å². The van der Waals surface area contributed by atoms with Crippen molar-refractivity contribution in [1.29, 1.82) is 0 Å². The second kappa shape index (κ2) is 9.92. The maximum atomic E-state index is 12.6. The quantitative estimate of drug-likeness (QED) is 0.596. The molecule has 4 rings (SSSR count). The molecule has 1 fully saturated rings. The minimum atomic E-state index is -0.263. The molecule has 3 aromatic carbocycles. The summed E-state index contributed by atoms with van der Waals surface area (Å²) in [7, 11) is 0. The summed E-state index contributed by atoms with van der Waals surface area (Å²) in [6.07, 6.45) is 0.513. The van der Waals surface area contributed by atoms with E-state index < -0.39 is 0 Å². The third kappa shape index (κ3) is 5.14. The van der Waals surface area contributed by atoms with Gasteiger partial charge >= 0.3 is 0 Å². The van der Waals surface area contributed by atoms with E-state index in [0.29, 0.717) is 49.1 Å². The molecule has 0 bridgehead atoms. The number of halogens is 1. The van der Waals surface area contributed by atoms with Crippen molar-refractivity contribution in [2.24, 2.45) is 0 Å². The van der Waals surface area contributed by atoms with Crippen molar-refractivity contribution < 1.29 is 14.3 Å². The Hall–Kier alpha value is -3.25. The van der Waals surface area contributed by atoms with Crippen LogP contribution in [0.25, 0.3) is 10.8 Å². The van der Waals surface area contributed by atoms with Gasteiger partial charge in [-0.3, -0.25) is 9.59 Å². The molecule has 32 heavy (non-hydrogen) atoms. The molecule has 166 valence electrons. The lowest BCUT2D eigenvalue weighted by atomic mass is 10.1. The van der Waals surface area contributed by atoms with Gasteiger partial charge in [0.05, 0.1) is 11.4 Å². The molecule has 0 saturated carbocycles. The lowest BCUT2D eigenvalue weighted by molar-refractivity contribution is -0.131. The number of anilines is 2. The van der Waals surface area contributed by atoms with Gasteiger partial charge in [-0.1, -0.05) is 48.9 Å². The van der Waals surface area contributed by atoms with E-state index in [1.807, 2.05) is 66.4 Å².